The van der Waals surface area contributed by atoms with Crippen molar-refractivity contribution in [1.82, 2.24) is 5.32 Å². The molecule has 1 fully saturated rings. The lowest BCUT2D eigenvalue weighted by atomic mass is 10.1. The van der Waals surface area contributed by atoms with Crippen LogP contribution in [-0.2, 0) is 4.79 Å². The Kier molecular flexibility index (Phi) is 5.12. The first-order chi connectivity index (χ1) is 12.0. The molecule has 0 bridgehead atoms. The summed E-state index contributed by atoms with van der Waals surface area (Å²) in [6.45, 7) is 5.25. The molecule has 1 unspecified atom stereocenters. The summed E-state index contributed by atoms with van der Waals surface area (Å²) in [7, 11) is 0. The fourth-order valence-electron chi connectivity index (χ4n) is 3.14. The third kappa shape index (κ3) is 4.44. The maximum atomic E-state index is 11.1. The van der Waals surface area contributed by atoms with Gasteiger partial charge in [0, 0.05) is 25.6 Å². The second-order valence-corrected chi connectivity index (χ2v) is 6.48. The lowest BCUT2D eigenvalue weighted by molar-refractivity contribution is -0.119. The average molecular weight is 340 g/mol. The van der Waals surface area contributed by atoms with Gasteiger partial charge in [0.15, 0.2) is 0 Å². The molecule has 1 aliphatic heterocycles. The molecule has 2 aromatic rings. The smallest absolute Gasteiger partial charge is 0.217 e. The molecule has 5 heteroatoms. The van der Waals surface area contributed by atoms with E-state index in [9.17, 15) is 9.90 Å². The first-order valence-corrected chi connectivity index (χ1v) is 8.59. The highest BCUT2D eigenvalue weighted by Gasteiger charge is 2.24. The second-order valence-electron chi connectivity index (χ2n) is 6.48. The van der Waals surface area contributed by atoms with Crippen LogP contribution < -0.4 is 15.0 Å². The van der Waals surface area contributed by atoms with E-state index in [1.165, 1.54) is 6.92 Å². The van der Waals surface area contributed by atoms with Crippen molar-refractivity contribution in [3.8, 4) is 11.5 Å². The van der Waals surface area contributed by atoms with Gasteiger partial charge in [0.25, 0.3) is 0 Å². The lowest BCUT2D eigenvalue weighted by Gasteiger charge is -2.19. The van der Waals surface area contributed by atoms with Crippen LogP contribution >= 0.6 is 0 Å². The number of ether oxygens (including phenoxy) is 1. The van der Waals surface area contributed by atoms with Gasteiger partial charge in [-0.1, -0.05) is 12.1 Å². The van der Waals surface area contributed by atoms with Crippen LogP contribution in [0.5, 0.6) is 11.5 Å². The number of phenols is 1. The van der Waals surface area contributed by atoms with E-state index < -0.39 is 0 Å². The molecule has 2 aromatic carbocycles. The van der Waals surface area contributed by atoms with Crippen LogP contribution in [0, 0.1) is 0 Å². The number of hydrogen-bond donors (Lipinski definition) is 2. The monoisotopic (exact) mass is 340 g/mol. The summed E-state index contributed by atoms with van der Waals surface area (Å²) in [5.41, 5.74) is 2.16. The van der Waals surface area contributed by atoms with Gasteiger partial charge in [-0.25, -0.2) is 0 Å². The molecule has 1 aliphatic rings. The summed E-state index contributed by atoms with van der Waals surface area (Å²) < 4.78 is 6.09. The maximum Gasteiger partial charge on any atom is 0.217 e. The predicted molar refractivity (Wildman–Crippen MR) is 98.0 cm³/mol. The highest BCUT2D eigenvalue weighted by atomic mass is 16.5. The van der Waals surface area contributed by atoms with Crippen LogP contribution in [0.3, 0.4) is 0 Å². The number of rotatable bonds is 5. The van der Waals surface area contributed by atoms with Crippen molar-refractivity contribution in [3.63, 3.8) is 0 Å². The third-order valence-corrected chi connectivity index (χ3v) is 4.46. The summed E-state index contributed by atoms with van der Waals surface area (Å²) >= 11 is 0. The summed E-state index contributed by atoms with van der Waals surface area (Å²) in [6, 6.07) is 15.1. The first-order valence-electron chi connectivity index (χ1n) is 8.59. The van der Waals surface area contributed by atoms with Gasteiger partial charge in [-0.15, -0.1) is 0 Å². The highest BCUT2D eigenvalue weighted by molar-refractivity contribution is 5.73. The van der Waals surface area contributed by atoms with Gasteiger partial charge in [0.2, 0.25) is 5.91 Å². The van der Waals surface area contributed by atoms with Crippen molar-refractivity contribution in [1.29, 1.82) is 0 Å². The van der Waals surface area contributed by atoms with Gasteiger partial charge in [0.05, 0.1) is 12.6 Å². The Morgan fingerprint density at radius 1 is 1.20 bits per heavy atom. The number of amides is 1. The van der Waals surface area contributed by atoms with E-state index in [-0.39, 0.29) is 23.8 Å². The van der Waals surface area contributed by atoms with Gasteiger partial charge < -0.3 is 20.1 Å². The maximum absolute atomic E-state index is 11.1. The number of benzene rings is 2. The summed E-state index contributed by atoms with van der Waals surface area (Å²) in [6.07, 6.45) is 1.11. The summed E-state index contributed by atoms with van der Waals surface area (Å²) in [5.74, 6) is 1.09. The van der Waals surface area contributed by atoms with E-state index in [0.717, 1.165) is 36.5 Å². The van der Waals surface area contributed by atoms with Crippen molar-refractivity contribution in [2.45, 2.75) is 32.4 Å². The molecule has 0 aliphatic carbocycles. The van der Waals surface area contributed by atoms with E-state index in [4.69, 9.17) is 4.74 Å². The van der Waals surface area contributed by atoms with Crippen molar-refractivity contribution < 1.29 is 14.6 Å². The van der Waals surface area contributed by atoms with Gasteiger partial charge in [-0.2, -0.15) is 0 Å². The van der Waals surface area contributed by atoms with Crippen molar-refractivity contribution in [3.05, 3.63) is 54.1 Å². The first kappa shape index (κ1) is 17.1. The molecule has 3 rings (SSSR count). The second kappa shape index (κ2) is 7.47. The molecule has 1 amide bonds. The van der Waals surface area contributed by atoms with Crippen LogP contribution in [0.25, 0.3) is 0 Å². The fraction of sp³-hybridized carbons (Fsp3) is 0.350. The molecule has 1 saturated heterocycles. The fourth-order valence-corrected chi connectivity index (χ4v) is 3.14. The van der Waals surface area contributed by atoms with Gasteiger partial charge in [0.1, 0.15) is 17.6 Å². The molecular formula is C20H24N2O3. The molecule has 0 radical (unpaired) electrons. The van der Waals surface area contributed by atoms with Crippen LogP contribution in [0.1, 0.15) is 31.9 Å². The number of carbonyl (C=O) groups excluding carboxylic acids is 1. The van der Waals surface area contributed by atoms with Crippen LogP contribution in [0.2, 0.25) is 0 Å². The Morgan fingerprint density at radius 3 is 2.52 bits per heavy atom. The van der Waals surface area contributed by atoms with E-state index >= 15 is 0 Å². The molecule has 2 atom stereocenters. The number of hydrogen-bond acceptors (Lipinski definition) is 4. The summed E-state index contributed by atoms with van der Waals surface area (Å²) in [4.78, 5) is 13.4. The average Bonchev–Trinajstić information content (AvgIpc) is 3.04. The van der Waals surface area contributed by atoms with Crippen LogP contribution in [0.4, 0.5) is 5.69 Å². The molecule has 132 valence electrons. The molecule has 2 N–H and O–H groups in total. The Morgan fingerprint density at radius 2 is 1.88 bits per heavy atom. The van der Waals surface area contributed by atoms with Gasteiger partial charge in [-0.3, -0.25) is 4.79 Å². The Hall–Kier alpha value is -2.69. The zero-order valence-electron chi connectivity index (χ0n) is 14.6. The zero-order chi connectivity index (χ0) is 17.8. The highest BCUT2D eigenvalue weighted by Crippen LogP contribution is 2.26. The van der Waals surface area contributed by atoms with Gasteiger partial charge >= 0.3 is 0 Å². The number of phenolic OH excluding ortho intramolecular Hbond substituents is 1. The van der Waals surface area contributed by atoms with E-state index in [2.05, 4.69) is 10.2 Å². The van der Waals surface area contributed by atoms with Crippen LogP contribution in [-0.4, -0.2) is 30.2 Å². The number of nitrogens with zero attached hydrogens (tertiary/aromatic N) is 1. The zero-order valence-corrected chi connectivity index (χ0v) is 14.6. The molecule has 0 aromatic heterocycles. The molecule has 5 nitrogen and oxygen atoms in total. The Labute approximate surface area is 148 Å². The minimum absolute atomic E-state index is 0.0111. The quantitative estimate of drug-likeness (QED) is 0.877. The summed E-state index contributed by atoms with van der Waals surface area (Å²) in [5, 5.41) is 12.3. The SMILES string of the molecule is CC(=O)N[C@@H](C)c1ccc(OC2CCN(c3ccc(O)cc3)C2)cc1. The van der Waals surface area contributed by atoms with Crippen molar-refractivity contribution in [2.24, 2.45) is 0 Å². The topological polar surface area (TPSA) is 61.8 Å². The van der Waals surface area contributed by atoms with Crippen molar-refractivity contribution in [2.75, 3.05) is 18.0 Å². The minimum atomic E-state index is -0.0342. The molecular weight excluding hydrogens is 316 g/mol. The van der Waals surface area contributed by atoms with E-state index in [0.29, 0.717) is 0 Å². The minimum Gasteiger partial charge on any atom is -0.508 e. The number of anilines is 1. The molecule has 0 spiro atoms. The molecule has 1 heterocycles. The predicted octanol–water partition coefficient (Wildman–Crippen LogP) is 3.25. The Bertz CT molecular complexity index is 713. The van der Waals surface area contributed by atoms with Crippen LogP contribution in [0.15, 0.2) is 48.5 Å². The molecule has 25 heavy (non-hydrogen) atoms. The lowest BCUT2D eigenvalue weighted by Crippen LogP contribution is -2.24. The van der Waals surface area contributed by atoms with Crippen molar-refractivity contribution >= 4 is 11.6 Å². The van der Waals surface area contributed by atoms with E-state index in [1.807, 2.05) is 43.3 Å². The third-order valence-electron chi connectivity index (χ3n) is 4.46. The normalized spacial score (nSPS) is 18.0. The molecule has 0 saturated carbocycles. The number of aromatic hydroxyl groups is 1. The number of nitrogens with one attached hydrogen (secondary N) is 1. The standard InChI is InChI=1S/C20H24N2O3/c1-14(21-15(2)23)16-3-9-19(10-4-16)25-20-11-12-22(13-20)17-5-7-18(24)8-6-17/h3-10,14,20,24H,11-13H2,1-2H3,(H,21,23)/t14-,20?/m0/s1. The largest absolute Gasteiger partial charge is 0.508 e. The Balaban J connectivity index is 1.56. The van der Waals surface area contributed by atoms with E-state index in [1.54, 1.807) is 12.1 Å². The number of carbonyl (C=O) groups is 1. The van der Waals surface area contributed by atoms with Gasteiger partial charge in [-0.05, 0) is 48.9 Å².